The van der Waals surface area contributed by atoms with Gasteiger partial charge in [-0.15, -0.1) is 0 Å². The summed E-state index contributed by atoms with van der Waals surface area (Å²) in [6.45, 7) is 4.74. The van der Waals surface area contributed by atoms with E-state index in [1.807, 2.05) is 27.2 Å². The predicted octanol–water partition coefficient (Wildman–Crippen LogP) is 21.8. The molecule has 0 saturated heterocycles. The molecule has 0 aromatic heterocycles. The van der Waals surface area contributed by atoms with Crippen molar-refractivity contribution in [2.45, 2.75) is 334 Å². The minimum absolute atomic E-state index is 0.0624. The fourth-order valence-electron chi connectivity index (χ4n) is 10.1. The smallest absolute Gasteiger partial charge is 0.387 e. The Kier molecular flexibility index (Phi) is 59.9. The molecule has 0 fully saturated rings. The SMILES string of the molecule is CC/C=C\C/C=C\C/C=C\C/C=C\C/C=C\CCCCCCCCCCCCCCCCCCCCCCCCCCCC(=O)NC(COP(=O)(O)OCC[N+](C)(C)C)C(O)/C=C/CCCCCCCCCCCCCCCCC. The van der Waals surface area contributed by atoms with Gasteiger partial charge in [0.05, 0.1) is 39.9 Å². The summed E-state index contributed by atoms with van der Waals surface area (Å²) in [5, 5.41) is 14.0. The highest BCUT2D eigenvalue weighted by Gasteiger charge is 2.28. The largest absolute Gasteiger partial charge is 0.472 e. The van der Waals surface area contributed by atoms with Crippen LogP contribution in [0.2, 0.25) is 0 Å². The highest BCUT2D eigenvalue weighted by Crippen LogP contribution is 2.43. The Hall–Kier alpha value is -2.06. The van der Waals surface area contributed by atoms with Gasteiger partial charge in [-0.25, -0.2) is 4.57 Å². The number of likely N-dealkylation sites (N-methyl/N-ethyl adjacent to an activating group) is 1. The molecule has 1 amide bonds. The number of rotatable bonds is 63. The summed E-state index contributed by atoms with van der Waals surface area (Å²) in [5.74, 6) is -0.172. The van der Waals surface area contributed by atoms with Crippen molar-refractivity contribution >= 4 is 13.7 Å². The Balaban J connectivity index is 3.91. The molecule has 0 radical (unpaired) electrons. The van der Waals surface area contributed by atoms with Crippen LogP contribution in [-0.2, 0) is 18.4 Å². The van der Waals surface area contributed by atoms with Gasteiger partial charge in [-0.3, -0.25) is 13.8 Å². The number of phosphoric acid groups is 1. The summed E-state index contributed by atoms with van der Waals surface area (Å²) < 4.78 is 23.8. The Bertz CT molecular complexity index is 1530. The molecule has 0 rings (SSSR count). The maximum absolute atomic E-state index is 13.0. The number of allylic oxidation sites excluding steroid dienone is 11. The van der Waals surface area contributed by atoms with Crippen molar-refractivity contribution in [3.8, 4) is 0 Å². The second kappa shape index (κ2) is 61.5. The van der Waals surface area contributed by atoms with Crippen LogP contribution in [0, 0.1) is 0 Å². The first-order chi connectivity index (χ1) is 39.0. The molecule has 0 aliphatic carbocycles. The molecular weight excluding hydrogens is 1010 g/mol. The van der Waals surface area contributed by atoms with E-state index in [2.05, 4.69) is 79.9 Å². The molecule has 3 unspecified atom stereocenters. The zero-order valence-electron chi connectivity index (χ0n) is 53.6. The van der Waals surface area contributed by atoms with Gasteiger partial charge in [0.1, 0.15) is 13.2 Å². The molecular formula is C71H134N2O6P+. The Morgan fingerprint density at radius 3 is 1.10 bits per heavy atom. The lowest BCUT2D eigenvalue weighted by molar-refractivity contribution is -0.870. The van der Waals surface area contributed by atoms with Crippen molar-refractivity contribution in [1.29, 1.82) is 0 Å². The number of carbonyl (C=O) groups is 1. The highest BCUT2D eigenvalue weighted by molar-refractivity contribution is 7.47. The fraction of sp³-hybridized carbons (Fsp3) is 0.817. The van der Waals surface area contributed by atoms with E-state index in [1.165, 1.54) is 231 Å². The quantitative estimate of drug-likeness (QED) is 0.0243. The van der Waals surface area contributed by atoms with Crippen LogP contribution in [0.25, 0.3) is 0 Å². The van der Waals surface area contributed by atoms with Crippen LogP contribution >= 0.6 is 7.82 Å². The lowest BCUT2D eigenvalue weighted by Crippen LogP contribution is -2.45. The van der Waals surface area contributed by atoms with E-state index in [-0.39, 0.29) is 19.1 Å². The van der Waals surface area contributed by atoms with E-state index in [4.69, 9.17) is 9.05 Å². The number of aliphatic hydroxyl groups excluding tert-OH is 1. The topological polar surface area (TPSA) is 105 Å². The Labute approximate surface area is 497 Å². The van der Waals surface area contributed by atoms with Crippen molar-refractivity contribution in [3.05, 3.63) is 72.9 Å². The zero-order chi connectivity index (χ0) is 58.4. The first kappa shape index (κ1) is 77.9. The monoisotopic (exact) mass is 1140 g/mol. The van der Waals surface area contributed by atoms with Gasteiger partial charge >= 0.3 is 7.82 Å². The number of hydrogen-bond donors (Lipinski definition) is 3. The van der Waals surface area contributed by atoms with Crippen LogP contribution in [0.4, 0.5) is 0 Å². The van der Waals surface area contributed by atoms with Gasteiger partial charge in [0.15, 0.2) is 0 Å². The van der Waals surface area contributed by atoms with E-state index in [1.54, 1.807) is 6.08 Å². The van der Waals surface area contributed by atoms with E-state index < -0.39 is 20.0 Å². The van der Waals surface area contributed by atoms with Crippen LogP contribution in [0.15, 0.2) is 72.9 Å². The summed E-state index contributed by atoms with van der Waals surface area (Å²) in [4.78, 5) is 23.4. The van der Waals surface area contributed by atoms with Crippen molar-refractivity contribution in [1.82, 2.24) is 5.32 Å². The summed E-state index contributed by atoms with van der Waals surface area (Å²) >= 11 is 0. The normalized spacial score (nSPS) is 14.1. The second-order valence-electron chi connectivity index (χ2n) is 24.5. The average molecular weight is 1140 g/mol. The van der Waals surface area contributed by atoms with Crippen molar-refractivity contribution in [2.75, 3.05) is 40.9 Å². The van der Waals surface area contributed by atoms with E-state index in [9.17, 15) is 19.4 Å². The molecule has 0 aliphatic heterocycles. The molecule has 0 aromatic carbocycles. The van der Waals surface area contributed by atoms with E-state index in [0.29, 0.717) is 17.4 Å². The minimum atomic E-state index is -4.35. The molecule has 0 aromatic rings. The van der Waals surface area contributed by atoms with E-state index >= 15 is 0 Å². The standard InChI is InChI=1S/C71H133N2O6P/c1-6-8-10-12-14-16-18-20-22-24-25-26-27-28-29-30-31-32-33-34-35-36-37-38-39-40-41-42-43-44-45-46-47-49-51-53-55-57-59-61-63-65-71(75)72-69(68-79-80(76,77)78-67-66-73(3,4)5)70(74)64-62-60-58-56-54-52-50-48-23-21-19-17-15-13-11-9-7-2/h8,10,14,16,20,22,25-26,28-29,62,64,69-70,74H,6-7,9,11-13,15,17-19,21,23-24,27,30-61,63,65-68H2,1-5H3,(H-,72,75,76,77)/p+1/b10-8-,16-14-,22-20-,26-25-,29-28-,64-62+. The number of quaternary nitrogens is 1. The maximum Gasteiger partial charge on any atom is 0.472 e. The van der Waals surface area contributed by atoms with Crippen molar-refractivity contribution in [2.24, 2.45) is 0 Å². The molecule has 3 N–H and O–H groups in total. The van der Waals surface area contributed by atoms with Crippen LogP contribution in [0.3, 0.4) is 0 Å². The van der Waals surface area contributed by atoms with Crippen LogP contribution < -0.4 is 5.32 Å². The number of nitrogens with one attached hydrogen (secondary N) is 1. The molecule has 80 heavy (non-hydrogen) atoms. The predicted molar refractivity (Wildman–Crippen MR) is 350 cm³/mol. The van der Waals surface area contributed by atoms with Crippen molar-refractivity contribution in [3.63, 3.8) is 0 Å². The van der Waals surface area contributed by atoms with Crippen LogP contribution in [-0.4, -0.2) is 73.4 Å². The molecule has 3 atom stereocenters. The first-order valence-electron chi connectivity index (χ1n) is 34.3. The van der Waals surface area contributed by atoms with Gasteiger partial charge < -0.3 is 19.8 Å². The third-order valence-electron chi connectivity index (χ3n) is 15.4. The number of amides is 1. The lowest BCUT2D eigenvalue weighted by Gasteiger charge is -2.25. The number of hydrogen-bond acceptors (Lipinski definition) is 5. The highest BCUT2D eigenvalue weighted by atomic mass is 31.2. The third-order valence-corrected chi connectivity index (χ3v) is 16.4. The number of phosphoric ester groups is 1. The van der Waals surface area contributed by atoms with Gasteiger partial charge in [0.2, 0.25) is 5.91 Å². The molecule has 0 spiro atoms. The number of carbonyl (C=O) groups excluding carboxylic acids is 1. The molecule has 8 nitrogen and oxygen atoms in total. The Morgan fingerprint density at radius 2 is 0.750 bits per heavy atom. The maximum atomic E-state index is 13.0. The first-order valence-corrected chi connectivity index (χ1v) is 35.8. The van der Waals surface area contributed by atoms with Crippen molar-refractivity contribution < 1.29 is 32.9 Å². The summed E-state index contributed by atoms with van der Waals surface area (Å²) in [6, 6.07) is -0.846. The van der Waals surface area contributed by atoms with Gasteiger partial charge in [-0.1, -0.05) is 324 Å². The third kappa shape index (κ3) is 63.5. The van der Waals surface area contributed by atoms with Gasteiger partial charge in [0, 0.05) is 6.42 Å². The lowest BCUT2D eigenvalue weighted by atomic mass is 10.0. The molecule has 0 bridgehead atoms. The van der Waals surface area contributed by atoms with Gasteiger partial charge in [-0.05, 0) is 64.2 Å². The summed E-state index contributed by atoms with van der Waals surface area (Å²) in [5.41, 5.74) is 0. The zero-order valence-corrected chi connectivity index (χ0v) is 54.5. The summed E-state index contributed by atoms with van der Waals surface area (Å²) in [7, 11) is 1.58. The molecule has 0 heterocycles. The fourth-order valence-corrected chi connectivity index (χ4v) is 10.9. The van der Waals surface area contributed by atoms with Gasteiger partial charge in [-0.2, -0.15) is 0 Å². The molecule has 468 valence electrons. The van der Waals surface area contributed by atoms with Gasteiger partial charge in [0.25, 0.3) is 0 Å². The van der Waals surface area contributed by atoms with E-state index in [0.717, 1.165) is 70.6 Å². The number of aliphatic hydroxyl groups is 1. The second-order valence-corrected chi connectivity index (χ2v) is 26.0. The Morgan fingerprint density at radius 1 is 0.438 bits per heavy atom. The van der Waals surface area contributed by atoms with Crippen LogP contribution in [0.1, 0.15) is 322 Å². The molecule has 0 aliphatic rings. The average Bonchev–Trinajstić information content (AvgIpc) is 3.42. The molecule has 9 heteroatoms. The minimum Gasteiger partial charge on any atom is -0.387 e. The summed E-state index contributed by atoms with van der Waals surface area (Å²) in [6.07, 6.45) is 86.2. The van der Waals surface area contributed by atoms with Crippen LogP contribution in [0.5, 0.6) is 0 Å². The molecule has 0 saturated carbocycles. The number of nitrogens with zero attached hydrogens (tertiary/aromatic N) is 1. The number of unbranched alkanes of at least 4 members (excludes halogenated alkanes) is 40.